The number of hydrogen-bond acceptors (Lipinski definition) is 4. The fraction of sp³-hybridized carbons (Fsp3) is 0.304. The smallest absolute Gasteiger partial charge is 0.253 e. The Morgan fingerprint density at radius 3 is 2.73 bits per heavy atom. The van der Waals surface area contributed by atoms with Crippen molar-refractivity contribution in [2.75, 3.05) is 26.8 Å². The maximum atomic E-state index is 12.6. The van der Waals surface area contributed by atoms with Gasteiger partial charge in [0.25, 0.3) is 5.56 Å². The Morgan fingerprint density at radius 2 is 2.00 bits per heavy atom. The van der Waals surface area contributed by atoms with Crippen molar-refractivity contribution in [3.8, 4) is 5.75 Å². The van der Waals surface area contributed by atoms with Crippen LogP contribution in [0, 0.1) is 0 Å². The van der Waals surface area contributed by atoms with Gasteiger partial charge in [-0.05, 0) is 54.2 Å². The normalized spacial score (nSPS) is 10.7. The molecule has 0 spiro atoms. The molecule has 3 rings (SSSR count). The number of ether oxygens (including phenoxy) is 1. The molecule has 0 fully saturated rings. The summed E-state index contributed by atoms with van der Waals surface area (Å²) in [6.07, 6.45) is 1.43. The van der Waals surface area contributed by atoms with E-state index in [1.807, 2.05) is 41.3 Å². The molecule has 0 aliphatic rings. The van der Waals surface area contributed by atoms with E-state index in [1.54, 1.807) is 13.2 Å². The lowest BCUT2D eigenvalue weighted by atomic mass is 10.1. The van der Waals surface area contributed by atoms with Crippen LogP contribution in [0.2, 0.25) is 0 Å². The molecule has 0 amide bonds. The van der Waals surface area contributed by atoms with Gasteiger partial charge in [0, 0.05) is 31.3 Å². The molecule has 158 valence electrons. The SMILES string of the molecule is COc1ccc2cc(CN(CCCO)C(=S)NCCc3ccccc3)c(=O)[nH]c2c1. The molecule has 0 aliphatic heterocycles. The van der Waals surface area contributed by atoms with Gasteiger partial charge in [-0.25, -0.2) is 0 Å². The average Bonchev–Trinajstić information content (AvgIpc) is 2.77. The third kappa shape index (κ3) is 5.81. The molecule has 30 heavy (non-hydrogen) atoms. The van der Waals surface area contributed by atoms with E-state index in [1.165, 1.54) is 5.56 Å². The zero-order chi connectivity index (χ0) is 21.3. The van der Waals surface area contributed by atoms with E-state index < -0.39 is 0 Å². The highest BCUT2D eigenvalue weighted by Crippen LogP contribution is 2.19. The van der Waals surface area contributed by atoms with E-state index in [4.69, 9.17) is 17.0 Å². The summed E-state index contributed by atoms with van der Waals surface area (Å²) in [6, 6.07) is 17.7. The van der Waals surface area contributed by atoms with Gasteiger partial charge < -0.3 is 25.0 Å². The summed E-state index contributed by atoms with van der Waals surface area (Å²) in [4.78, 5) is 17.5. The lowest BCUT2D eigenvalue weighted by Crippen LogP contribution is -2.41. The first-order chi connectivity index (χ1) is 14.6. The highest BCUT2D eigenvalue weighted by atomic mass is 32.1. The number of hydrogen-bond donors (Lipinski definition) is 3. The molecule has 6 nitrogen and oxygen atoms in total. The van der Waals surface area contributed by atoms with Crippen molar-refractivity contribution < 1.29 is 9.84 Å². The summed E-state index contributed by atoms with van der Waals surface area (Å²) < 4.78 is 5.22. The van der Waals surface area contributed by atoms with Crippen LogP contribution in [0.1, 0.15) is 17.5 Å². The van der Waals surface area contributed by atoms with Crippen LogP contribution in [0.15, 0.2) is 59.4 Å². The Morgan fingerprint density at radius 1 is 1.20 bits per heavy atom. The minimum Gasteiger partial charge on any atom is -0.497 e. The summed E-state index contributed by atoms with van der Waals surface area (Å²) in [7, 11) is 1.60. The van der Waals surface area contributed by atoms with Crippen LogP contribution in [-0.2, 0) is 13.0 Å². The highest BCUT2D eigenvalue weighted by Gasteiger charge is 2.13. The minimum absolute atomic E-state index is 0.0665. The van der Waals surface area contributed by atoms with Crippen LogP contribution in [0.3, 0.4) is 0 Å². The van der Waals surface area contributed by atoms with Gasteiger partial charge in [-0.1, -0.05) is 30.3 Å². The van der Waals surface area contributed by atoms with Crippen LogP contribution >= 0.6 is 12.2 Å². The van der Waals surface area contributed by atoms with Crippen molar-refractivity contribution in [3.05, 3.63) is 76.1 Å². The van der Waals surface area contributed by atoms with Gasteiger partial charge in [0.2, 0.25) is 0 Å². The minimum atomic E-state index is -0.156. The number of aromatic nitrogens is 1. The Kier molecular flexibility index (Phi) is 7.82. The number of aliphatic hydroxyl groups excluding tert-OH is 1. The summed E-state index contributed by atoms with van der Waals surface area (Å²) in [5, 5.41) is 14.0. The molecule has 7 heteroatoms. The van der Waals surface area contributed by atoms with Crippen molar-refractivity contribution in [3.63, 3.8) is 0 Å². The standard InChI is InChI=1S/C23H27N3O3S/c1-29-20-9-8-18-14-19(22(28)25-21(18)15-20)16-26(12-5-13-27)23(30)24-11-10-17-6-3-2-4-7-17/h2-4,6-9,14-15,27H,5,10-13,16H2,1H3,(H,24,30)(H,25,28). The summed E-state index contributed by atoms with van der Waals surface area (Å²) in [5.41, 5.74) is 2.43. The molecular weight excluding hydrogens is 398 g/mol. The van der Waals surface area contributed by atoms with Crippen molar-refractivity contribution in [1.29, 1.82) is 0 Å². The lowest BCUT2D eigenvalue weighted by molar-refractivity contribution is 0.264. The molecule has 0 atom stereocenters. The largest absolute Gasteiger partial charge is 0.497 e. The quantitative estimate of drug-likeness (QED) is 0.458. The molecule has 3 N–H and O–H groups in total. The van der Waals surface area contributed by atoms with Crippen LogP contribution in [0.4, 0.5) is 0 Å². The predicted octanol–water partition coefficient (Wildman–Crippen LogP) is 2.84. The number of thiocarbonyl (C=S) groups is 1. The second-order valence-corrected chi connectivity index (χ2v) is 7.43. The number of pyridine rings is 1. The first kappa shape index (κ1) is 21.8. The summed E-state index contributed by atoms with van der Waals surface area (Å²) in [6.45, 7) is 1.70. The Hall–Kier alpha value is -2.90. The van der Waals surface area contributed by atoms with E-state index in [9.17, 15) is 9.90 Å². The molecule has 0 saturated carbocycles. The number of methoxy groups -OCH3 is 1. The maximum Gasteiger partial charge on any atom is 0.253 e. The molecule has 1 aromatic heterocycles. The van der Waals surface area contributed by atoms with Gasteiger partial charge in [0.15, 0.2) is 5.11 Å². The number of nitrogens with zero attached hydrogens (tertiary/aromatic N) is 1. The van der Waals surface area contributed by atoms with Crippen molar-refractivity contribution >= 4 is 28.2 Å². The number of aromatic amines is 1. The topological polar surface area (TPSA) is 77.6 Å². The number of H-pyrrole nitrogens is 1. The molecule has 0 bridgehead atoms. The van der Waals surface area contributed by atoms with Crippen LogP contribution < -0.4 is 15.6 Å². The van der Waals surface area contributed by atoms with E-state index in [0.717, 1.165) is 17.3 Å². The lowest BCUT2D eigenvalue weighted by Gasteiger charge is -2.25. The number of benzene rings is 2. The number of rotatable bonds is 9. The van der Waals surface area contributed by atoms with Crippen LogP contribution in [-0.4, -0.2) is 46.9 Å². The first-order valence-corrected chi connectivity index (χ1v) is 10.4. The second-order valence-electron chi connectivity index (χ2n) is 7.04. The van der Waals surface area contributed by atoms with Crippen LogP contribution in [0.5, 0.6) is 5.75 Å². The van der Waals surface area contributed by atoms with Crippen molar-refractivity contribution in [2.24, 2.45) is 0 Å². The van der Waals surface area contributed by atoms with Gasteiger partial charge in [0.05, 0.1) is 19.2 Å². The van der Waals surface area contributed by atoms with Gasteiger partial charge in [-0.2, -0.15) is 0 Å². The monoisotopic (exact) mass is 425 g/mol. The zero-order valence-corrected chi connectivity index (χ0v) is 17.9. The van der Waals surface area contributed by atoms with Gasteiger partial charge in [-0.15, -0.1) is 0 Å². The summed E-state index contributed by atoms with van der Waals surface area (Å²) >= 11 is 5.58. The molecule has 0 saturated heterocycles. The predicted molar refractivity (Wildman–Crippen MR) is 124 cm³/mol. The molecule has 2 aromatic carbocycles. The molecule has 1 heterocycles. The average molecular weight is 426 g/mol. The van der Waals surface area contributed by atoms with Gasteiger partial charge >= 0.3 is 0 Å². The fourth-order valence-electron chi connectivity index (χ4n) is 3.26. The van der Waals surface area contributed by atoms with Crippen molar-refractivity contribution in [2.45, 2.75) is 19.4 Å². The number of nitrogens with one attached hydrogen (secondary N) is 2. The van der Waals surface area contributed by atoms with Crippen LogP contribution in [0.25, 0.3) is 10.9 Å². The van der Waals surface area contributed by atoms with Crippen molar-refractivity contribution in [1.82, 2.24) is 15.2 Å². The molecule has 0 unspecified atom stereocenters. The third-order valence-electron chi connectivity index (χ3n) is 4.90. The molecule has 0 aliphatic carbocycles. The van der Waals surface area contributed by atoms with E-state index in [0.29, 0.717) is 42.5 Å². The molecule has 3 aromatic rings. The van der Waals surface area contributed by atoms with Gasteiger partial charge in [-0.3, -0.25) is 4.79 Å². The third-order valence-corrected chi connectivity index (χ3v) is 5.30. The highest BCUT2D eigenvalue weighted by molar-refractivity contribution is 7.80. The Labute approximate surface area is 181 Å². The van der Waals surface area contributed by atoms with E-state index in [-0.39, 0.29) is 12.2 Å². The second kappa shape index (κ2) is 10.8. The molecular formula is C23H27N3O3S. The Balaban J connectivity index is 1.71. The van der Waals surface area contributed by atoms with Gasteiger partial charge in [0.1, 0.15) is 5.75 Å². The number of aliphatic hydroxyl groups is 1. The fourth-order valence-corrected chi connectivity index (χ4v) is 3.52. The Bertz CT molecular complexity index is 1040. The van der Waals surface area contributed by atoms with E-state index in [2.05, 4.69) is 22.4 Å². The zero-order valence-electron chi connectivity index (χ0n) is 17.1. The number of fused-ring (bicyclic) bond motifs is 1. The first-order valence-electron chi connectivity index (χ1n) is 9.98. The maximum absolute atomic E-state index is 12.6. The van der Waals surface area contributed by atoms with E-state index >= 15 is 0 Å². The molecule has 0 radical (unpaired) electrons. The summed E-state index contributed by atoms with van der Waals surface area (Å²) in [5.74, 6) is 0.694.